The molecule has 0 bridgehead atoms. The molecule has 3 nitrogen and oxygen atoms in total. The molecular weight excluding hydrogens is 258 g/mol. The molecule has 2 aromatic rings. The number of allylic oxidation sites excluding steroid dienone is 3. The molecule has 0 saturated carbocycles. The van der Waals surface area contributed by atoms with Gasteiger partial charge in [-0.3, -0.25) is 0 Å². The molecule has 3 heteroatoms. The highest BCUT2D eigenvalue weighted by atomic mass is 15.1. The van der Waals surface area contributed by atoms with Crippen molar-refractivity contribution in [1.82, 2.24) is 9.88 Å². The minimum atomic E-state index is 0.852. The van der Waals surface area contributed by atoms with Crippen molar-refractivity contribution >= 4 is 16.6 Å². The van der Waals surface area contributed by atoms with E-state index in [0.29, 0.717) is 0 Å². The van der Waals surface area contributed by atoms with Crippen LogP contribution in [-0.2, 0) is 0 Å². The summed E-state index contributed by atoms with van der Waals surface area (Å²) < 4.78 is 0. The Morgan fingerprint density at radius 1 is 1.24 bits per heavy atom. The highest BCUT2D eigenvalue weighted by Crippen LogP contribution is 2.25. The van der Waals surface area contributed by atoms with Crippen molar-refractivity contribution in [2.24, 2.45) is 5.73 Å². The van der Waals surface area contributed by atoms with Crippen LogP contribution in [0.3, 0.4) is 0 Å². The van der Waals surface area contributed by atoms with Crippen LogP contribution in [0.1, 0.15) is 18.5 Å². The second kappa shape index (κ2) is 5.44. The first-order valence-electron chi connectivity index (χ1n) is 7.11. The van der Waals surface area contributed by atoms with Gasteiger partial charge in [0.15, 0.2) is 0 Å². The zero-order valence-corrected chi connectivity index (χ0v) is 12.2. The normalized spacial score (nSPS) is 14.5. The molecule has 0 aliphatic heterocycles. The quantitative estimate of drug-likeness (QED) is 0.931. The summed E-state index contributed by atoms with van der Waals surface area (Å²) in [5, 5.41) is 1.13. The van der Waals surface area contributed by atoms with E-state index in [1.54, 1.807) is 0 Å². The summed E-state index contributed by atoms with van der Waals surface area (Å²) >= 11 is 0. The lowest BCUT2D eigenvalue weighted by Gasteiger charge is -2.26. The van der Waals surface area contributed by atoms with Crippen molar-refractivity contribution in [1.29, 1.82) is 0 Å². The summed E-state index contributed by atoms with van der Waals surface area (Å²) in [5.41, 5.74) is 10.7. The predicted molar refractivity (Wildman–Crippen MR) is 88.1 cm³/mol. The number of para-hydroxylation sites is 1. The number of pyridine rings is 1. The van der Waals surface area contributed by atoms with Gasteiger partial charge in [-0.15, -0.1) is 0 Å². The SMILES string of the molecule is C=C(c1ccc2ccccc2n1)N(C)C1=C(N)CCC=C1. The summed E-state index contributed by atoms with van der Waals surface area (Å²) in [4.78, 5) is 6.70. The van der Waals surface area contributed by atoms with Crippen LogP contribution in [0.5, 0.6) is 0 Å². The number of nitrogens with two attached hydrogens (primary N) is 1. The Labute approximate surface area is 125 Å². The summed E-state index contributed by atoms with van der Waals surface area (Å²) in [5.74, 6) is 0. The van der Waals surface area contributed by atoms with Gasteiger partial charge in [-0.05, 0) is 31.1 Å². The van der Waals surface area contributed by atoms with Crippen LogP contribution in [0.25, 0.3) is 16.6 Å². The Morgan fingerprint density at radius 2 is 2.05 bits per heavy atom. The van der Waals surface area contributed by atoms with Crippen LogP contribution in [0.4, 0.5) is 0 Å². The molecule has 106 valence electrons. The number of nitrogens with zero attached hydrogens (tertiary/aromatic N) is 2. The van der Waals surface area contributed by atoms with Crippen LogP contribution in [-0.4, -0.2) is 16.9 Å². The second-order valence-electron chi connectivity index (χ2n) is 5.25. The van der Waals surface area contributed by atoms with Gasteiger partial charge in [-0.1, -0.05) is 36.9 Å². The maximum absolute atomic E-state index is 6.11. The van der Waals surface area contributed by atoms with E-state index in [9.17, 15) is 0 Å². The number of fused-ring (bicyclic) bond motifs is 1. The average molecular weight is 277 g/mol. The maximum atomic E-state index is 6.11. The summed E-state index contributed by atoms with van der Waals surface area (Å²) in [7, 11) is 1.98. The van der Waals surface area contributed by atoms with Crippen LogP contribution >= 0.6 is 0 Å². The zero-order chi connectivity index (χ0) is 14.8. The lowest BCUT2D eigenvalue weighted by atomic mass is 10.1. The van der Waals surface area contributed by atoms with E-state index >= 15 is 0 Å². The van der Waals surface area contributed by atoms with Gasteiger partial charge in [0, 0.05) is 18.1 Å². The van der Waals surface area contributed by atoms with E-state index in [2.05, 4.69) is 35.8 Å². The van der Waals surface area contributed by atoms with Gasteiger partial charge in [-0.25, -0.2) is 4.98 Å². The van der Waals surface area contributed by atoms with Gasteiger partial charge in [0.25, 0.3) is 0 Å². The molecule has 0 atom stereocenters. The van der Waals surface area contributed by atoms with Gasteiger partial charge in [0.1, 0.15) is 0 Å². The van der Waals surface area contributed by atoms with Crippen LogP contribution in [0.15, 0.2) is 66.5 Å². The highest BCUT2D eigenvalue weighted by molar-refractivity contribution is 5.80. The maximum Gasteiger partial charge on any atom is 0.0868 e. The molecule has 0 saturated heterocycles. The topological polar surface area (TPSA) is 42.2 Å². The third-order valence-electron chi connectivity index (χ3n) is 3.85. The van der Waals surface area contributed by atoms with Crippen LogP contribution < -0.4 is 5.73 Å². The van der Waals surface area contributed by atoms with Gasteiger partial charge in [0.05, 0.1) is 22.6 Å². The monoisotopic (exact) mass is 277 g/mol. The van der Waals surface area contributed by atoms with Gasteiger partial charge in [-0.2, -0.15) is 0 Å². The van der Waals surface area contributed by atoms with E-state index in [4.69, 9.17) is 5.73 Å². The summed E-state index contributed by atoms with van der Waals surface area (Å²) in [6.07, 6.45) is 6.10. The molecule has 1 aromatic carbocycles. The minimum Gasteiger partial charge on any atom is -0.400 e. The van der Waals surface area contributed by atoms with Gasteiger partial charge in [0.2, 0.25) is 0 Å². The third-order valence-corrected chi connectivity index (χ3v) is 3.85. The number of benzene rings is 1. The molecule has 0 radical (unpaired) electrons. The highest BCUT2D eigenvalue weighted by Gasteiger charge is 2.14. The predicted octanol–water partition coefficient (Wildman–Crippen LogP) is 3.66. The molecule has 0 unspecified atom stereocenters. The van der Waals surface area contributed by atoms with E-state index < -0.39 is 0 Å². The molecule has 1 aromatic heterocycles. The van der Waals surface area contributed by atoms with Crippen molar-refractivity contribution < 1.29 is 0 Å². The molecule has 0 amide bonds. The fourth-order valence-corrected chi connectivity index (χ4v) is 2.54. The van der Waals surface area contributed by atoms with Crippen molar-refractivity contribution in [3.63, 3.8) is 0 Å². The number of hydrogen-bond donors (Lipinski definition) is 1. The molecule has 1 heterocycles. The Bertz CT molecular complexity index is 756. The molecule has 21 heavy (non-hydrogen) atoms. The Kier molecular flexibility index (Phi) is 3.48. The van der Waals surface area contributed by atoms with E-state index in [1.165, 1.54) is 0 Å². The second-order valence-corrected chi connectivity index (χ2v) is 5.25. The molecule has 0 spiro atoms. The average Bonchev–Trinajstić information content (AvgIpc) is 2.53. The lowest BCUT2D eigenvalue weighted by Crippen LogP contribution is -2.20. The molecular formula is C18H19N3. The van der Waals surface area contributed by atoms with Gasteiger partial charge < -0.3 is 10.6 Å². The number of aromatic nitrogens is 1. The first-order valence-corrected chi connectivity index (χ1v) is 7.11. The van der Waals surface area contributed by atoms with Crippen molar-refractivity contribution in [3.05, 3.63) is 72.2 Å². The molecule has 1 aliphatic carbocycles. The van der Waals surface area contributed by atoms with E-state index in [0.717, 1.165) is 46.5 Å². The largest absolute Gasteiger partial charge is 0.400 e. The first-order chi connectivity index (χ1) is 10.2. The van der Waals surface area contributed by atoms with Crippen molar-refractivity contribution in [3.8, 4) is 0 Å². The van der Waals surface area contributed by atoms with Crippen LogP contribution in [0, 0.1) is 0 Å². The third kappa shape index (κ3) is 2.55. The van der Waals surface area contributed by atoms with Crippen LogP contribution in [0.2, 0.25) is 0 Å². The Hall–Kier alpha value is -2.55. The molecule has 3 rings (SSSR count). The zero-order valence-electron chi connectivity index (χ0n) is 12.2. The standard InChI is InChI=1S/C18H19N3/c1-13(21(2)18-10-6-4-8-15(18)19)16-12-11-14-7-3-5-9-17(14)20-16/h3,5-7,9-12H,1,4,8,19H2,2H3. The fourth-order valence-electron chi connectivity index (χ4n) is 2.54. The molecule has 0 fully saturated rings. The van der Waals surface area contributed by atoms with E-state index in [1.807, 2.05) is 36.2 Å². The lowest BCUT2D eigenvalue weighted by molar-refractivity contribution is 0.594. The number of likely N-dealkylation sites (N-methyl/N-ethyl adjacent to an activating group) is 1. The van der Waals surface area contributed by atoms with Gasteiger partial charge >= 0.3 is 0 Å². The fraction of sp³-hybridized carbons (Fsp3) is 0.167. The Morgan fingerprint density at radius 3 is 2.86 bits per heavy atom. The molecule has 1 aliphatic rings. The van der Waals surface area contributed by atoms with E-state index in [-0.39, 0.29) is 0 Å². The summed E-state index contributed by atoms with van der Waals surface area (Å²) in [6.45, 7) is 4.18. The molecule has 2 N–H and O–H groups in total. The van der Waals surface area contributed by atoms with Crippen molar-refractivity contribution in [2.45, 2.75) is 12.8 Å². The summed E-state index contributed by atoms with van der Waals surface area (Å²) in [6, 6.07) is 12.2. The number of rotatable bonds is 3. The minimum absolute atomic E-state index is 0.852. The number of hydrogen-bond acceptors (Lipinski definition) is 3. The van der Waals surface area contributed by atoms with Crippen molar-refractivity contribution in [2.75, 3.05) is 7.05 Å². The Balaban J connectivity index is 1.94. The first kappa shape index (κ1) is 13.4. The smallest absolute Gasteiger partial charge is 0.0868 e.